The van der Waals surface area contributed by atoms with Crippen LogP contribution in [0.15, 0.2) is 40.6 Å². The van der Waals surface area contributed by atoms with Gasteiger partial charge < -0.3 is 9.64 Å². The first-order chi connectivity index (χ1) is 13.7. The van der Waals surface area contributed by atoms with Gasteiger partial charge in [-0.1, -0.05) is 26.0 Å². The summed E-state index contributed by atoms with van der Waals surface area (Å²) in [6.45, 7) is 5.88. The van der Waals surface area contributed by atoms with Crippen LogP contribution in [0.2, 0.25) is 0 Å². The smallest absolute Gasteiger partial charge is 0.338 e. The molecule has 0 aliphatic heterocycles. The van der Waals surface area contributed by atoms with Gasteiger partial charge in [0.25, 0.3) is 5.91 Å². The molecule has 9 heteroatoms. The lowest BCUT2D eigenvalue weighted by Gasteiger charge is -2.19. The van der Waals surface area contributed by atoms with E-state index in [9.17, 15) is 18.0 Å². The molecule has 0 aliphatic rings. The standard InChI is InChI=1S/C20H26N2O5S2/c1-5-22(6-2)29(25,26)17-10-9-15(3)18(12-17)20(24)27-14-19(23)21(4)13-16-8-7-11-28-16/h7-12H,5-6,13-14H2,1-4H3. The van der Waals surface area contributed by atoms with Crippen LogP contribution < -0.4 is 0 Å². The van der Waals surface area contributed by atoms with E-state index in [2.05, 4.69) is 0 Å². The maximum atomic E-state index is 12.7. The number of rotatable bonds is 9. The maximum absolute atomic E-state index is 12.7. The fourth-order valence-corrected chi connectivity index (χ4v) is 4.98. The van der Waals surface area contributed by atoms with Gasteiger partial charge in [-0.05, 0) is 36.1 Å². The lowest BCUT2D eigenvalue weighted by atomic mass is 10.1. The van der Waals surface area contributed by atoms with Crippen molar-refractivity contribution in [1.82, 2.24) is 9.21 Å². The molecule has 1 heterocycles. The van der Waals surface area contributed by atoms with Gasteiger partial charge in [-0.2, -0.15) is 4.31 Å². The summed E-state index contributed by atoms with van der Waals surface area (Å²) in [5, 5.41) is 1.93. The number of aryl methyl sites for hydroxylation is 1. The van der Waals surface area contributed by atoms with E-state index in [4.69, 9.17) is 4.74 Å². The van der Waals surface area contributed by atoms with Crippen molar-refractivity contribution in [1.29, 1.82) is 0 Å². The monoisotopic (exact) mass is 438 g/mol. The molecule has 0 N–H and O–H groups in total. The van der Waals surface area contributed by atoms with Gasteiger partial charge in [0, 0.05) is 25.0 Å². The second kappa shape index (κ2) is 10.00. The highest BCUT2D eigenvalue weighted by Gasteiger charge is 2.24. The average molecular weight is 439 g/mol. The number of esters is 1. The quantitative estimate of drug-likeness (QED) is 0.562. The van der Waals surface area contributed by atoms with Gasteiger partial charge in [0.1, 0.15) is 0 Å². The van der Waals surface area contributed by atoms with Crippen molar-refractivity contribution in [3.05, 3.63) is 51.7 Å². The first kappa shape index (κ1) is 23.1. The summed E-state index contributed by atoms with van der Waals surface area (Å²) in [5.41, 5.74) is 0.708. The van der Waals surface area contributed by atoms with E-state index in [0.717, 1.165) is 4.88 Å². The Morgan fingerprint density at radius 3 is 2.41 bits per heavy atom. The van der Waals surface area contributed by atoms with Crippen LogP contribution in [0, 0.1) is 6.92 Å². The van der Waals surface area contributed by atoms with Crippen LogP contribution in [-0.4, -0.2) is 56.2 Å². The fraction of sp³-hybridized carbons (Fsp3) is 0.400. The number of benzene rings is 1. The van der Waals surface area contributed by atoms with E-state index < -0.39 is 22.6 Å². The highest BCUT2D eigenvalue weighted by Crippen LogP contribution is 2.20. The van der Waals surface area contributed by atoms with E-state index in [1.54, 1.807) is 33.9 Å². The molecule has 0 bridgehead atoms. The number of ether oxygens (including phenoxy) is 1. The largest absolute Gasteiger partial charge is 0.452 e. The van der Waals surface area contributed by atoms with Crippen LogP contribution in [0.3, 0.4) is 0 Å². The Morgan fingerprint density at radius 2 is 1.83 bits per heavy atom. The molecule has 0 aliphatic carbocycles. The summed E-state index contributed by atoms with van der Waals surface area (Å²) in [4.78, 5) is 27.3. The number of hydrogen-bond donors (Lipinski definition) is 0. The molecule has 0 radical (unpaired) electrons. The molecule has 2 aromatic rings. The van der Waals surface area contributed by atoms with E-state index in [1.807, 2.05) is 17.5 Å². The summed E-state index contributed by atoms with van der Waals surface area (Å²) >= 11 is 1.54. The summed E-state index contributed by atoms with van der Waals surface area (Å²) < 4.78 is 31.9. The zero-order valence-electron chi connectivity index (χ0n) is 17.0. The number of carbonyl (C=O) groups is 2. The number of nitrogens with zero attached hydrogens (tertiary/aromatic N) is 2. The zero-order valence-corrected chi connectivity index (χ0v) is 18.7. The Morgan fingerprint density at radius 1 is 1.14 bits per heavy atom. The summed E-state index contributed by atoms with van der Waals surface area (Å²) in [6.07, 6.45) is 0. The summed E-state index contributed by atoms with van der Waals surface area (Å²) in [7, 11) is -2.06. The predicted molar refractivity (Wildman–Crippen MR) is 112 cm³/mol. The lowest BCUT2D eigenvalue weighted by Crippen LogP contribution is -2.31. The summed E-state index contributed by atoms with van der Waals surface area (Å²) in [5.74, 6) is -1.06. The van der Waals surface area contributed by atoms with Gasteiger partial charge in [-0.25, -0.2) is 13.2 Å². The molecule has 1 amide bonds. The van der Waals surface area contributed by atoms with Crippen LogP contribution >= 0.6 is 11.3 Å². The second-order valence-electron chi connectivity index (χ2n) is 6.47. The molecule has 0 spiro atoms. The van der Waals surface area contributed by atoms with Gasteiger partial charge in [-0.15, -0.1) is 11.3 Å². The third-order valence-electron chi connectivity index (χ3n) is 4.50. The minimum absolute atomic E-state index is 0.0277. The highest BCUT2D eigenvalue weighted by atomic mass is 32.2. The lowest BCUT2D eigenvalue weighted by molar-refractivity contribution is -0.133. The van der Waals surface area contributed by atoms with Crippen molar-refractivity contribution in [2.75, 3.05) is 26.7 Å². The second-order valence-corrected chi connectivity index (χ2v) is 9.44. The fourth-order valence-electron chi connectivity index (χ4n) is 2.73. The average Bonchev–Trinajstić information content (AvgIpc) is 3.19. The zero-order chi connectivity index (χ0) is 21.6. The Labute approximate surface area is 175 Å². The van der Waals surface area contributed by atoms with Gasteiger partial charge >= 0.3 is 5.97 Å². The first-order valence-electron chi connectivity index (χ1n) is 9.25. The van der Waals surface area contributed by atoms with E-state index in [-0.39, 0.29) is 16.4 Å². The van der Waals surface area contributed by atoms with Crippen molar-refractivity contribution < 1.29 is 22.7 Å². The number of amides is 1. The molecule has 0 saturated heterocycles. The molecule has 0 atom stereocenters. The van der Waals surface area contributed by atoms with Crippen LogP contribution in [0.4, 0.5) is 0 Å². The molecule has 0 saturated carbocycles. The van der Waals surface area contributed by atoms with E-state index in [0.29, 0.717) is 25.2 Å². The molecule has 7 nitrogen and oxygen atoms in total. The molecular weight excluding hydrogens is 412 g/mol. The Hall–Kier alpha value is -2.23. The molecule has 1 aromatic carbocycles. The molecule has 29 heavy (non-hydrogen) atoms. The molecule has 0 fully saturated rings. The van der Waals surface area contributed by atoms with E-state index >= 15 is 0 Å². The third-order valence-corrected chi connectivity index (χ3v) is 7.40. The number of thiophene rings is 1. The minimum Gasteiger partial charge on any atom is -0.452 e. The predicted octanol–water partition coefficient (Wildman–Crippen LogP) is 2.90. The molecule has 0 unspecified atom stereocenters. The van der Waals surface area contributed by atoms with Crippen molar-refractivity contribution >= 4 is 33.2 Å². The topological polar surface area (TPSA) is 84.0 Å². The number of carbonyl (C=O) groups excluding carboxylic acids is 2. The highest BCUT2D eigenvalue weighted by molar-refractivity contribution is 7.89. The van der Waals surface area contributed by atoms with Crippen LogP contribution in [0.5, 0.6) is 0 Å². The molecule has 158 valence electrons. The molecule has 1 aromatic heterocycles. The number of sulfonamides is 1. The van der Waals surface area contributed by atoms with Crippen molar-refractivity contribution in [2.45, 2.75) is 32.2 Å². The normalized spacial score (nSPS) is 11.5. The van der Waals surface area contributed by atoms with E-state index in [1.165, 1.54) is 32.7 Å². The first-order valence-corrected chi connectivity index (χ1v) is 11.6. The van der Waals surface area contributed by atoms with Crippen molar-refractivity contribution in [3.8, 4) is 0 Å². The Bertz CT molecular complexity index is 951. The SMILES string of the molecule is CCN(CC)S(=O)(=O)c1ccc(C)c(C(=O)OCC(=O)N(C)Cc2cccs2)c1. The van der Waals surface area contributed by atoms with Crippen molar-refractivity contribution in [3.63, 3.8) is 0 Å². The number of likely N-dealkylation sites (N-methyl/N-ethyl adjacent to an activating group) is 1. The van der Waals surface area contributed by atoms with Crippen LogP contribution in [0.1, 0.15) is 34.6 Å². The maximum Gasteiger partial charge on any atom is 0.338 e. The molecule has 2 rings (SSSR count). The Kier molecular flexibility index (Phi) is 7.95. The van der Waals surface area contributed by atoms with Crippen LogP contribution in [-0.2, 0) is 26.1 Å². The van der Waals surface area contributed by atoms with Gasteiger partial charge in [-0.3, -0.25) is 4.79 Å². The van der Waals surface area contributed by atoms with Gasteiger partial charge in [0.2, 0.25) is 10.0 Å². The minimum atomic E-state index is -3.70. The third kappa shape index (κ3) is 5.65. The Balaban J connectivity index is 2.09. The van der Waals surface area contributed by atoms with Gasteiger partial charge in [0.05, 0.1) is 17.0 Å². The van der Waals surface area contributed by atoms with Crippen molar-refractivity contribution in [2.24, 2.45) is 0 Å². The molecular formula is C20H26N2O5S2. The summed E-state index contributed by atoms with van der Waals surface area (Å²) in [6, 6.07) is 8.18. The van der Waals surface area contributed by atoms with Crippen LogP contribution in [0.25, 0.3) is 0 Å². The van der Waals surface area contributed by atoms with Gasteiger partial charge in [0.15, 0.2) is 6.61 Å². The number of hydrogen-bond acceptors (Lipinski definition) is 6.